The number of hydrogen-bond donors (Lipinski definition) is 0. The van der Waals surface area contributed by atoms with Crippen molar-refractivity contribution in [3.8, 4) is 0 Å². The van der Waals surface area contributed by atoms with Crippen molar-refractivity contribution in [2.45, 2.75) is 76.3 Å². The van der Waals surface area contributed by atoms with Crippen molar-refractivity contribution in [3.63, 3.8) is 0 Å². The van der Waals surface area contributed by atoms with Gasteiger partial charge in [-0.15, -0.1) is 0 Å². The second kappa shape index (κ2) is 6.42. The second-order valence-electron chi connectivity index (χ2n) is 10.9. The standard InChI is InChI=1S/C24H26F4O5/c1-20(2)32-17-8-11-12-7-13(26)18-19(27)14(29)5-6-21(18,3)23(12,28)15(30)9-22(11,4)24(17,33-20)16(31)10-25/h5-6,11-13,17H,7-10H2,1-4H3/t11-,12-,13-,17+,21-,22-,23-,24+/m0/s1. The van der Waals surface area contributed by atoms with E-state index in [1.807, 2.05) is 0 Å². The van der Waals surface area contributed by atoms with Crippen molar-refractivity contribution in [1.29, 1.82) is 0 Å². The molecule has 4 fully saturated rings. The minimum absolute atomic E-state index is 0.0578. The van der Waals surface area contributed by atoms with Gasteiger partial charge in [0.2, 0.25) is 5.78 Å². The minimum Gasteiger partial charge on any atom is -0.344 e. The Balaban J connectivity index is 1.68. The number of carbonyl (C=O) groups excluding carboxylic acids is 3. The number of hydrogen-bond acceptors (Lipinski definition) is 5. The van der Waals surface area contributed by atoms with Crippen LogP contribution in [0.3, 0.4) is 0 Å². The zero-order chi connectivity index (χ0) is 24.4. The molecule has 4 aliphatic carbocycles. The van der Waals surface area contributed by atoms with Crippen LogP contribution >= 0.6 is 0 Å². The van der Waals surface area contributed by atoms with Crippen molar-refractivity contribution in [2.24, 2.45) is 22.7 Å². The monoisotopic (exact) mass is 470 g/mol. The summed E-state index contributed by atoms with van der Waals surface area (Å²) in [5.41, 5.74) is -8.53. The maximum atomic E-state index is 17.0. The molecular weight excluding hydrogens is 444 g/mol. The van der Waals surface area contributed by atoms with Gasteiger partial charge in [-0.25, -0.2) is 17.6 Å². The van der Waals surface area contributed by atoms with E-state index >= 15 is 8.78 Å². The summed E-state index contributed by atoms with van der Waals surface area (Å²) in [5.74, 6) is -7.52. The first-order valence-corrected chi connectivity index (χ1v) is 11.2. The lowest BCUT2D eigenvalue weighted by Gasteiger charge is -2.60. The van der Waals surface area contributed by atoms with Crippen LogP contribution in [-0.2, 0) is 23.9 Å². The Morgan fingerprint density at radius 2 is 1.82 bits per heavy atom. The fourth-order valence-electron chi connectivity index (χ4n) is 7.73. The average molecular weight is 470 g/mol. The third kappa shape index (κ3) is 2.38. The third-order valence-electron chi connectivity index (χ3n) is 9.00. The zero-order valence-electron chi connectivity index (χ0n) is 18.8. The van der Waals surface area contributed by atoms with E-state index in [0.29, 0.717) is 0 Å². The molecule has 8 atom stereocenters. The molecule has 1 aliphatic heterocycles. The Bertz CT molecular complexity index is 1050. The van der Waals surface area contributed by atoms with E-state index in [9.17, 15) is 23.2 Å². The molecule has 1 heterocycles. The fraction of sp³-hybridized carbons (Fsp3) is 0.708. The molecule has 0 spiro atoms. The number of halogens is 4. The van der Waals surface area contributed by atoms with Gasteiger partial charge in [0.25, 0.3) is 0 Å². The van der Waals surface area contributed by atoms with Crippen LogP contribution in [0.15, 0.2) is 23.6 Å². The van der Waals surface area contributed by atoms with Gasteiger partial charge in [-0.05, 0) is 45.6 Å². The molecule has 0 N–H and O–H groups in total. The summed E-state index contributed by atoms with van der Waals surface area (Å²) in [6, 6.07) is 0. The minimum atomic E-state index is -2.71. The highest BCUT2D eigenvalue weighted by Crippen LogP contribution is 2.71. The maximum absolute atomic E-state index is 17.0. The van der Waals surface area contributed by atoms with E-state index < -0.39 is 100 Å². The molecule has 0 aromatic rings. The van der Waals surface area contributed by atoms with Gasteiger partial charge in [0.05, 0.1) is 11.5 Å². The summed E-state index contributed by atoms with van der Waals surface area (Å²) < 4.78 is 72.9. The summed E-state index contributed by atoms with van der Waals surface area (Å²) in [6.45, 7) is 4.60. The molecule has 9 heteroatoms. The van der Waals surface area contributed by atoms with Gasteiger partial charge in [0.1, 0.15) is 6.17 Å². The molecule has 1 saturated heterocycles. The first-order chi connectivity index (χ1) is 15.2. The Morgan fingerprint density at radius 1 is 1.15 bits per heavy atom. The van der Waals surface area contributed by atoms with E-state index in [4.69, 9.17) is 9.47 Å². The van der Waals surface area contributed by atoms with Crippen molar-refractivity contribution in [1.82, 2.24) is 0 Å². The second-order valence-corrected chi connectivity index (χ2v) is 10.9. The number of alkyl halides is 3. The largest absolute Gasteiger partial charge is 0.344 e. The normalized spacial score (nSPS) is 50.1. The predicted molar refractivity (Wildman–Crippen MR) is 107 cm³/mol. The van der Waals surface area contributed by atoms with Crippen molar-refractivity contribution in [2.75, 3.05) is 6.67 Å². The molecule has 0 amide bonds. The quantitative estimate of drug-likeness (QED) is 0.574. The van der Waals surface area contributed by atoms with Crippen LogP contribution in [0.25, 0.3) is 0 Å². The molecule has 5 aliphatic rings. The average Bonchev–Trinajstić information content (AvgIpc) is 3.13. The smallest absolute Gasteiger partial charge is 0.213 e. The Hall–Kier alpha value is -1.87. The van der Waals surface area contributed by atoms with E-state index in [1.54, 1.807) is 20.8 Å². The molecule has 0 radical (unpaired) electrons. The number of Topliss-reactive ketones (excluding diaryl/α,β-unsaturated/α-hetero) is 2. The topological polar surface area (TPSA) is 69.7 Å². The van der Waals surface area contributed by atoms with Crippen LogP contribution in [-0.4, -0.2) is 53.4 Å². The number of fused-ring (bicyclic) bond motifs is 7. The van der Waals surface area contributed by atoms with E-state index in [1.165, 1.54) is 6.92 Å². The van der Waals surface area contributed by atoms with Crippen LogP contribution in [0.5, 0.6) is 0 Å². The Kier molecular flexibility index (Phi) is 4.45. The number of carbonyl (C=O) groups is 3. The molecular formula is C24H26F4O5. The van der Waals surface area contributed by atoms with Crippen LogP contribution in [0.2, 0.25) is 0 Å². The maximum Gasteiger partial charge on any atom is 0.213 e. The molecule has 180 valence electrons. The van der Waals surface area contributed by atoms with Gasteiger partial charge in [0.15, 0.2) is 41.1 Å². The highest BCUT2D eigenvalue weighted by molar-refractivity contribution is 6.05. The van der Waals surface area contributed by atoms with Crippen LogP contribution in [0.1, 0.15) is 47.0 Å². The highest BCUT2D eigenvalue weighted by atomic mass is 19.2. The third-order valence-corrected chi connectivity index (χ3v) is 9.00. The SMILES string of the molecule is CC1(C)O[C@@H]2C[C@H]3[C@@H]4C[C@H](F)C5=C(F)C(=O)C=C[C@]5(C)[C@@]4(F)C(=O)C[C@]3(C)[C@]2(C(=O)CF)O1. The Morgan fingerprint density at radius 3 is 2.45 bits per heavy atom. The molecule has 0 aromatic heterocycles. The summed E-state index contributed by atoms with van der Waals surface area (Å²) in [6.07, 6.45) is -2.00. The lowest BCUT2D eigenvalue weighted by atomic mass is 9.44. The summed E-state index contributed by atoms with van der Waals surface area (Å²) >= 11 is 0. The molecule has 33 heavy (non-hydrogen) atoms. The van der Waals surface area contributed by atoms with Gasteiger partial charge in [-0.1, -0.05) is 13.0 Å². The molecule has 5 rings (SSSR count). The van der Waals surface area contributed by atoms with Gasteiger partial charge >= 0.3 is 0 Å². The first-order valence-electron chi connectivity index (χ1n) is 11.2. The number of ether oxygens (including phenoxy) is 2. The van der Waals surface area contributed by atoms with E-state index in [2.05, 4.69) is 0 Å². The van der Waals surface area contributed by atoms with Gasteiger partial charge in [-0.3, -0.25) is 14.4 Å². The first kappa shape index (κ1) is 22.9. The van der Waals surface area contributed by atoms with Gasteiger partial charge in [-0.2, -0.15) is 0 Å². The predicted octanol–water partition coefficient (Wildman–Crippen LogP) is 3.85. The highest BCUT2D eigenvalue weighted by Gasteiger charge is 2.81. The number of ketones is 3. The number of allylic oxidation sites excluding steroid dienone is 4. The van der Waals surface area contributed by atoms with Crippen LogP contribution < -0.4 is 0 Å². The van der Waals surface area contributed by atoms with Crippen molar-refractivity contribution < 1.29 is 41.4 Å². The molecule has 0 aromatic carbocycles. The van der Waals surface area contributed by atoms with Crippen LogP contribution in [0.4, 0.5) is 17.6 Å². The number of rotatable bonds is 2. The van der Waals surface area contributed by atoms with Crippen molar-refractivity contribution >= 4 is 17.3 Å². The van der Waals surface area contributed by atoms with Crippen molar-refractivity contribution in [3.05, 3.63) is 23.6 Å². The fourth-order valence-corrected chi connectivity index (χ4v) is 7.73. The van der Waals surface area contributed by atoms with Gasteiger partial charge < -0.3 is 9.47 Å². The molecule has 3 saturated carbocycles. The molecule has 0 unspecified atom stereocenters. The molecule has 5 nitrogen and oxygen atoms in total. The summed E-state index contributed by atoms with van der Waals surface area (Å²) in [5, 5.41) is 0. The van der Waals surface area contributed by atoms with Gasteiger partial charge in [0, 0.05) is 23.3 Å². The lowest BCUT2D eigenvalue weighted by molar-refractivity contribution is -0.222. The van der Waals surface area contributed by atoms with E-state index in [-0.39, 0.29) is 6.42 Å². The van der Waals surface area contributed by atoms with E-state index in [0.717, 1.165) is 12.2 Å². The lowest BCUT2D eigenvalue weighted by Crippen LogP contribution is -2.69. The Labute approximate surface area is 188 Å². The molecule has 0 bridgehead atoms. The zero-order valence-corrected chi connectivity index (χ0v) is 18.8. The summed E-state index contributed by atoms with van der Waals surface area (Å²) in [4.78, 5) is 38.4. The van der Waals surface area contributed by atoms with Crippen LogP contribution in [0, 0.1) is 22.7 Å². The summed E-state index contributed by atoms with van der Waals surface area (Å²) in [7, 11) is 0.